The lowest BCUT2D eigenvalue weighted by Gasteiger charge is -2.39. The summed E-state index contributed by atoms with van der Waals surface area (Å²) in [6.45, 7) is 6.12. The van der Waals surface area contributed by atoms with Crippen molar-refractivity contribution in [1.82, 2.24) is 4.90 Å². The second-order valence-electron chi connectivity index (χ2n) is 6.22. The van der Waals surface area contributed by atoms with Crippen molar-refractivity contribution in [2.75, 3.05) is 13.2 Å². The molecular weight excluding hydrogens is 303 g/mol. The molecule has 128 valence electrons. The number of esters is 1. The summed E-state index contributed by atoms with van der Waals surface area (Å²) in [5, 5.41) is 0. The lowest BCUT2D eigenvalue weighted by atomic mass is 9.92. The average molecular weight is 325 g/mol. The molecule has 0 N–H and O–H groups in total. The topological polar surface area (TPSA) is 55.8 Å². The van der Waals surface area contributed by atoms with E-state index in [9.17, 15) is 22.8 Å². The summed E-state index contributed by atoms with van der Waals surface area (Å²) in [5.74, 6) is -1.34. The standard InChI is InChI=1S/C14H22F3NO4/c1-5-21-11(19)9-6-7-10(14(15,16)17)18(8-9)12(20)22-13(2,3)4/h9-10H,5-8H2,1-4H3. The number of piperidine rings is 1. The summed E-state index contributed by atoms with van der Waals surface area (Å²) < 4.78 is 49.1. The number of carbonyl (C=O) groups excluding carboxylic acids is 2. The van der Waals surface area contributed by atoms with E-state index in [1.165, 1.54) is 0 Å². The molecule has 0 spiro atoms. The van der Waals surface area contributed by atoms with E-state index in [1.807, 2.05) is 0 Å². The number of halogens is 3. The molecule has 0 aliphatic carbocycles. The zero-order valence-corrected chi connectivity index (χ0v) is 13.2. The van der Waals surface area contributed by atoms with E-state index in [4.69, 9.17) is 9.47 Å². The third-order valence-corrected chi connectivity index (χ3v) is 3.21. The Labute approximate surface area is 127 Å². The summed E-state index contributed by atoms with van der Waals surface area (Å²) in [4.78, 5) is 24.4. The van der Waals surface area contributed by atoms with Gasteiger partial charge in [-0.1, -0.05) is 0 Å². The maximum atomic E-state index is 13.1. The van der Waals surface area contributed by atoms with Crippen LogP contribution >= 0.6 is 0 Å². The molecule has 0 saturated carbocycles. The van der Waals surface area contributed by atoms with Crippen LogP contribution in [0.1, 0.15) is 40.5 Å². The van der Waals surface area contributed by atoms with Gasteiger partial charge in [-0.3, -0.25) is 9.69 Å². The van der Waals surface area contributed by atoms with Crippen molar-refractivity contribution in [1.29, 1.82) is 0 Å². The van der Waals surface area contributed by atoms with Crippen molar-refractivity contribution in [3.05, 3.63) is 0 Å². The van der Waals surface area contributed by atoms with Crippen LogP contribution in [0.3, 0.4) is 0 Å². The van der Waals surface area contributed by atoms with Crippen LogP contribution in [0.4, 0.5) is 18.0 Å². The van der Waals surface area contributed by atoms with Gasteiger partial charge in [-0.05, 0) is 40.5 Å². The molecule has 2 atom stereocenters. The molecule has 1 saturated heterocycles. The first-order valence-corrected chi connectivity index (χ1v) is 7.18. The van der Waals surface area contributed by atoms with Crippen molar-refractivity contribution < 1.29 is 32.2 Å². The van der Waals surface area contributed by atoms with E-state index in [2.05, 4.69) is 0 Å². The lowest BCUT2D eigenvalue weighted by Crippen LogP contribution is -2.55. The van der Waals surface area contributed by atoms with Crippen molar-refractivity contribution in [2.24, 2.45) is 5.92 Å². The van der Waals surface area contributed by atoms with Crippen molar-refractivity contribution in [2.45, 2.75) is 58.4 Å². The minimum absolute atomic E-state index is 0.0301. The van der Waals surface area contributed by atoms with Crippen LogP contribution in [0, 0.1) is 5.92 Å². The molecule has 5 nitrogen and oxygen atoms in total. The molecule has 0 aromatic heterocycles. The SMILES string of the molecule is CCOC(=O)C1CCC(C(F)(F)F)N(C(=O)OC(C)(C)C)C1. The van der Waals surface area contributed by atoms with E-state index >= 15 is 0 Å². The van der Waals surface area contributed by atoms with Crippen molar-refractivity contribution >= 4 is 12.1 Å². The third-order valence-electron chi connectivity index (χ3n) is 3.21. The Bertz CT molecular complexity index is 417. The predicted molar refractivity (Wildman–Crippen MR) is 72.1 cm³/mol. The van der Waals surface area contributed by atoms with Gasteiger partial charge in [0.15, 0.2) is 0 Å². The fourth-order valence-corrected chi connectivity index (χ4v) is 2.29. The molecule has 1 heterocycles. The normalized spacial score (nSPS) is 23.1. The number of hydrogen-bond acceptors (Lipinski definition) is 4. The van der Waals surface area contributed by atoms with E-state index < -0.39 is 35.8 Å². The molecule has 22 heavy (non-hydrogen) atoms. The highest BCUT2D eigenvalue weighted by Crippen LogP contribution is 2.35. The summed E-state index contributed by atoms with van der Waals surface area (Å²) in [7, 11) is 0. The van der Waals surface area contributed by atoms with Crippen molar-refractivity contribution in [3.63, 3.8) is 0 Å². The Morgan fingerprint density at radius 2 is 1.77 bits per heavy atom. The molecule has 1 rings (SSSR count). The van der Waals surface area contributed by atoms with Crippen LogP contribution in [-0.2, 0) is 14.3 Å². The Balaban J connectivity index is 2.91. The smallest absolute Gasteiger partial charge is 0.410 e. The highest BCUT2D eigenvalue weighted by molar-refractivity contribution is 5.75. The van der Waals surface area contributed by atoms with Gasteiger partial charge >= 0.3 is 18.2 Å². The molecule has 0 aromatic rings. The summed E-state index contributed by atoms with van der Waals surface area (Å²) in [5.41, 5.74) is -0.913. The largest absolute Gasteiger partial charge is 0.466 e. The van der Waals surface area contributed by atoms with Crippen LogP contribution in [0.2, 0.25) is 0 Å². The van der Waals surface area contributed by atoms with Gasteiger partial charge < -0.3 is 9.47 Å². The van der Waals surface area contributed by atoms with Crippen LogP contribution in [-0.4, -0.2) is 47.9 Å². The third kappa shape index (κ3) is 5.06. The maximum Gasteiger partial charge on any atom is 0.410 e. The number of nitrogens with zero attached hydrogens (tertiary/aromatic N) is 1. The number of rotatable bonds is 2. The monoisotopic (exact) mass is 325 g/mol. The Kier molecular flexibility index (Phi) is 5.70. The van der Waals surface area contributed by atoms with Crippen LogP contribution in [0.25, 0.3) is 0 Å². The first-order chi connectivity index (χ1) is 9.95. The fourth-order valence-electron chi connectivity index (χ4n) is 2.29. The van der Waals surface area contributed by atoms with Crippen LogP contribution < -0.4 is 0 Å². The second kappa shape index (κ2) is 6.75. The van der Waals surface area contributed by atoms with Gasteiger partial charge in [-0.15, -0.1) is 0 Å². The summed E-state index contributed by atoms with van der Waals surface area (Å²) in [6.07, 6.45) is -5.94. The predicted octanol–water partition coefficient (Wildman–Crippen LogP) is 3.13. The molecule has 0 bridgehead atoms. The summed E-state index contributed by atoms with van der Waals surface area (Å²) in [6, 6.07) is -1.94. The molecule has 0 radical (unpaired) electrons. The molecule has 2 unspecified atom stereocenters. The van der Waals surface area contributed by atoms with Gasteiger partial charge in [-0.2, -0.15) is 13.2 Å². The Hall–Kier alpha value is -1.47. The van der Waals surface area contributed by atoms with Gasteiger partial charge in [-0.25, -0.2) is 4.79 Å². The Morgan fingerprint density at radius 3 is 2.23 bits per heavy atom. The first kappa shape index (κ1) is 18.6. The van der Waals surface area contributed by atoms with Gasteiger partial charge in [0.1, 0.15) is 11.6 Å². The van der Waals surface area contributed by atoms with E-state index in [0.29, 0.717) is 4.90 Å². The zero-order valence-electron chi connectivity index (χ0n) is 13.2. The molecular formula is C14H22F3NO4. The Morgan fingerprint density at radius 1 is 1.18 bits per heavy atom. The highest BCUT2D eigenvalue weighted by atomic mass is 19.4. The van der Waals surface area contributed by atoms with Crippen molar-refractivity contribution in [3.8, 4) is 0 Å². The van der Waals surface area contributed by atoms with E-state index in [0.717, 1.165) is 0 Å². The van der Waals surface area contributed by atoms with Gasteiger partial charge in [0, 0.05) is 6.54 Å². The minimum Gasteiger partial charge on any atom is -0.466 e. The molecule has 0 aromatic carbocycles. The maximum absolute atomic E-state index is 13.1. The van der Waals surface area contributed by atoms with E-state index in [-0.39, 0.29) is 26.0 Å². The lowest BCUT2D eigenvalue weighted by molar-refractivity contribution is -0.193. The second-order valence-corrected chi connectivity index (χ2v) is 6.22. The zero-order chi connectivity index (χ0) is 17.1. The number of hydrogen-bond donors (Lipinski definition) is 0. The van der Waals surface area contributed by atoms with Crippen LogP contribution in [0.15, 0.2) is 0 Å². The molecule has 1 fully saturated rings. The number of amides is 1. The molecule has 1 aliphatic heterocycles. The number of carbonyl (C=O) groups is 2. The summed E-state index contributed by atoms with van der Waals surface area (Å²) >= 11 is 0. The minimum atomic E-state index is -4.56. The van der Waals surface area contributed by atoms with Gasteiger partial charge in [0.2, 0.25) is 0 Å². The number of likely N-dealkylation sites (tertiary alicyclic amines) is 1. The molecule has 8 heteroatoms. The number of alkyl halides is 3. The van der Waals surface area contributed by atoms with Gasteiger partial charge in [0.25, 0.3) is 0 Å². The first-order valence-electron chi connectivity index (χ1n) is 7.18. The molecule has 1 aliphatic rings. The quantitative estimate of drug-likeness (QED) is 0.732. The fraction of sp³-hybridized carbons (Fsp3) is 0.857. The van der Waals surface area contributed by atoms with E-state index in [1.54, 1.807) is 27.7 Å². The molecule has 1 amide bonds. The average Bonchev–Trinajstić information content (AvgIpc) is 2.35. The van der Waals surface area contributed by atoms with Crippen LogP contribution in [0.5, 0.6) is 0 Å². The highest BCUT2D eigenvalue weighted by Gasteiger charge is 2.50. The van der Waals surface area contributed by atoms with Gasteiger partial charge in [0.05, 0.1) is 12.5 Å². The number of ether oxygens (including phenoxy) is 2.